The van der Waals surface area contributed by atoms with E-state index < -0.39 is 11.3 Å². The number of amides is 3. The Bertz CT molecular complexity index is 801. The minimum Gasteiger partial charge on any atom is -0.335 e. The summed E-state index contributed by atoms with van der Waals surface area (Å²) in [4.78, 5) is 24.0. The first-order chi connectivity index (χ1) is 12.6. The van der Waals surface area contributed by atoms with Gasteiger partial charge in [0.25, 0.3) is 0 Å². The van der Waals surface area contributed by atoms with Crippen molar-refractivity contribution < 1.29 is 9.59 Å². The number of aromatic nitrogens is 3. The number of hydrogen-bond acceptors (Lipinski definition) is 5. The van der Waals surface area contributed by atoms with Crippen molar-refractivity contribution in [1.29, 1.82) is 0 Å². The van der Waals surface area contributed by atoms with E-state index in [0.29, 0.717) is 17.5 Å². The van der Waals surface area contributed by atoms with Crippen LogP contribution in [0.2, 0.25) is 0 Å². The van der Waals surface area contributed by atoms with E-state index in [-0.39, 0.29) is 11.9 Å². The van der Waals surface area contributed by atoms with Crippen LogP contribution in [-0.2, 0) is 11.3 Å². The van der Waals surface area contributed by atoms with Crippen LogP contribution in [0, 0.1) is 0 Å². The molecule has 0 bridgehead atoms. The van der Waals surface area contributed by atoms with Gasteiger partial charge in [-0.25, -0.2) is 4.79 Å². The van der Waals surface area contributed by atoms with Gasteiger partial charge in [0.1, 0.15) is 0 Å². The number of carbonyl (C=O) groups excluding carboxylic acids is 2. The monoisotopic (exact) mass is 371 g/mol. The molecule has 1 atom stereocenters. The van der Waals surface area contributed by atoms with Gasteiger partial charge >= 0.3 is 6.03 Å². The Morgan fingerprint density at radius 1 is 1.35 bits per heavy atom. The third kappa shape index (κ3) is 4.51. The van der Waals surface area contributed by atoms with Crippen molar-refractivity contribution in [3.8, 4) is 11.4 Å². The lowest BCUT2D eigenvalue weighted by atomic mass is 10.2. The summed E-state index contributed by atoms with van der Waals surface area (Å²) in [5.41, 5.74) is 0.939. The molecule has 1 unspecified atom stereocenters. The number of urea groups is 1. The molecule has 1 aromatic carbocycles. The molecule has 0 aliphatic heterocycles. The van der Waals surface area contributed by atoms with Crippen LogP contribution in [0.1, 0.15) is 19.8 Å². The molecule has 3 amide bonds. The van der Waals surface area contributed by atoms with Crippen molar-refractivity contribution >= 4 is 23.7 Å². The second-order valence-electron chi connectivity index (χ2n) is 6.07. The maximum absolute atomic E-state index is 12.2. The highest BCUT2D eigenvalue weighted by atomic mass is 32.2. The van der Waals surface area contributed by atoms with Crippen LogP contribution in [0.15, 0.2) is 48.1 Å². The standard InChI is InChI=1S/C18H21N5O2S/c1-3-11-23-15(13-7-5-4-6-8-13)21-22-18(23)26-12(2)16(24)20-17(25)19-14-9-10-14/h3-8,12,14H,1,9-11H2,2H3,(H2,19,20,24,25). The first-order valence-corrected chi connectivity index (χ1v) is 9.34. The number of nitrogens with one attached hydrogen (secondary N) is 2. The fraction of sp³-hybridized carbons (Fsp3) is 0.333. The van der Waals surface area contributed by atoms with E-state index in [2.05, 4.69) is 27.4 Å². The van der Waals surface area contributed by atoms with E-state index in [0.717, 1.165) is 18.4 Å². The summed E-state index contributed by atoms with van der Waals surface area (Å²) in [6.07, 6.45) is 3.70. The summed E-state index contributed by atoms with van der Waals surface area (Å²) in [5.74, 6) is 0.356. The summed E-state index contributed by atoms with van der Waals surface area (Å²) < 4.78 is 1.90. The van der Waals surface area contributed by atoms with Gasteiger partial charge in [-0.1, -0.05) is 48.2 Å². The van der Waals surface area contributed by atoms with Gasteiger partial charge in [0, 0.05) is 18.2 Å². The van der Waals surface area contributed by atoms with Gasteiger partial charge in [-0.15, -0.1) is 16.8 Å². The second kappa shape index (κ2) is 8.18. The molecule has 136 valence electrons. The number of carbonyl (C=O) groups is 2. The number of allylic oxidation sites excluding steroid dienone is 1. The number of nitrogens with zero attached hydrogens (tertiary/aromatic N) is 3. The smallest absolute Gasteiger partial charge is 0.321 e. The quantitative estimate of drug-likeness (QED) is 0.577. The predicted molar refractivity (Wildman–Crippen MR) is 101 cm³/mol. The lowest BCUT2D eigenvalue weighted by Gasteiger charge is -2.12. The fourth-order valence-corrected chi connectivity index (χ4v) is 3.20. The Kier molecular flexibility index (Phi) is 5.72. The molecule has 1 aliphatic rings. The van der Waals surface area contributed by atoms with Gasteiger partial charge < -0.3 is 5.32 Å². The molecule has 26 heavy (non-hydrogen) atoms. The van der Waals surface area contributed by atoms with Crippen LogP contribution in [0.25, 0.3) is 11.4 Å². The largest absolute Gasteiger partial charge is 0.335 e. The molecule has 3 rings (SSSR count). The van der Waals surface area contributed by atoms with Crippen LogP contribution in [0.4, 0.5) is 4.79 Å². The predicted octanol–water partition coefficient (Wildman–Crippen LogP) is 2.60. The minimum absolute atomic E-state index is 0.204. The highest BCUT2D eigenvalue weighted by Gasteiger charge is 2.26. The molecular weight excluding hydrogens is 350 g/mol. The zero-order chi connectivity index (χ0) is 18.5. The van der Waals surface area contributed by atoms with Gasteiger partial charge in [0.15, 0.2) is 11.0 Å². The number of rotatable bonds is 7. The number of imide groups is 1. The zero-order valence-electron chi connectivity index (χ0n) is 14.5. The third-order valence-electron chi connectivity index (χ3n) is 3.86. The Balaban J connectivity index is 1.70. The van der Waals surface area contributed by atoms with Crippen LogP contribution in [0.5, 0.6) is 0 Å². The maximum atomic E-state index is 12.2. The van der Waals surface area contributed by atoms with Gasteiger partial charge in [0.2, 0.25) is 5.91 Å². The van der Waals surface area contributed by atoms with Crippen LogP contribution < -0.4 is 10.6 Å². The highest BCUT2D eigenvalue weighted by molar-refractivity contribution is 8.00. The fourth-order valence-electron chi connectivity index (χ4n) is 2.34. The van der Waals surface area contributed by atoms with Crippen molar-refractivity contribution in [2.45, 2.75) is 42.8 Å². The van der Waals surface area contributed by atoms with E-state index in [1.165, 1.54) is 11.8 Å². The lowest BCUT2D eigenvalue weighted by molar-refractivity contribution is -0.119. The maximum Gasteiger partial charge on any atom is 0.321 e. The molecular formula is C18H21N5O2S. The molecule has 1 aromatic heterocycles. The van der Waals surface area contributed by atoms with Crippen LogP contribution >= 0.6 is 11.8 Å². The Labute approximate surface area is 156 Å². The normalized spacial score (nSPS) is 14.5. The Morgan fingerprint density at radius 3 is 2.73 bits per heavy atom. The molecule has 1 heterocycles. The summed E-state index contributed by atoms with van der Waals surface area (Å²) in [6.45, 7) is 6.04. The van der Waals surface area contributed by atoms with Crippen molar-refractivity contribution in [1.82, 2.24) is 25.4 Å². The van der Waals surface area contributed by atoms with Crippen LogP contribution in [0.3, 0.4) is 0 Å². The summed E-state index contributed by atoms with van der Waals surface area (Å²) in [6, 6.07) is 9.48. The first-order valence-electron chi connectivity index (χ1n) is 8.46. The van der Waals surface area contributed by atoms with Crippen molar-refractivity contribution in [3.05, 3.63) is 43.0 Å². The topological polar surface area (TPSA) is 88.9 Å². The molecule has 2 N–H and O–H groups in total. The van der Waals surface area contributed by atoms with E-state index in [1.807, 2.05) is 34.9 Å². The van der Waals surface area contributed by atoms with Crippen LogP contribution in [-0.4, -0.2) is 38.0 Å². The van der Waals surface area contributed by atoms with Gasteiger partial charge in [-0.05, 0) is 19.8 Å². The molecule has 1 saturated carbocycles. The molecule has 1 aliphatic carbocycles. The first kappa shape index (κ1) is 18.2. The van der Waals surface area contributed by atoms with Crippen molar-refractivity contribution in [2.24, 2.45) is 0 Å². The Hall–Kier alpha value is -2.61. The summed E-state index contributed by atoms with van der Waals surface area (Å²) >= 11 is 1.26. The second-order valence-corrected chi connectivity index (χ2v) is 7.38. The van der Waals surface area contributed by atoms with Gasteiger partial charge in [-0.2, -0.15) is 0 Å². The zero-order valence-corrected chi connectivity index (χ0v) is 15.3. The SMILES string of the molecule is C=CCn1c(SC(C)C(=O)NC(=O)NC2CC2)nnc1-c1ccccc1. The molecule has 0 spiro atoms. The lowest BCUT2D eigenvalue weighted by Crippen LogP contribution is -2.43. The minimum atomic E-state index is -0.489. The molecule has 2 aromatic rings. The van der Waals surface area contributed by atoms with Gasteiger partial charge in [0.05, 0.1) is 5.25 Å². The number of hydrogen-bond donors (Lipinski definition) is 2. The Morgan fingerprint density at radius 2 is 2.08 bits per heavy atom. The van der Waals surface area contributed by atoms with E-state index in [1.54, 1.807) is 13.0 Å². The third-order valence-corrected chi connectivity index (χ3v) is 4.94. The van der Waals surface area contributed by atoms with Crippen molar-refractivity contribution in [3.63, 3.8) is 0 Å². The molecule has 0 radical (unpaired) electrons. The summed E-state index contributed by atoms with van der Waals surface area (Å²) in [7, 11) is 0. The average molecular weight is 371 g/mol. The number of thioether (sulfide) groups is 1. The molecule has 7 nitrogen and oxygen atoms in total. The summed E-state index contributed by atoms with van der Waals surface area (Å²) in [5, 5.41) is 13.7. The molecule has 0 saturated heterocycles. The van der Waals surface area contributed by atoms with E-state index in [4.69, 9.17) is 0 Å². The van der Waals surface area contributed by atoms with E-state index in [9.17, 15) is 9.59 Å². The number of benzene rings is 1. The molecule has 8 heteroatoms. The van der Waals surface area contributed by atoms with E-state index >= 15 is 0 Å². The van der Waals surface area contributed by atoms with Crippen molar-refractivity contribution in [2.75, 3.05) is 0 Å². The molecule has 1 fully saturated rings. The highest BCUT2D eigenvalue weighted by Crippen LogP contribution is 2.27. The average Bonchev–Trinajstić information content (AvgIpc) is 3.36. The van der Waals surface area contributed by atoms with Gasteiger partial charge in [-0.3, -0.25) is 14.7 Å².